The normalized spacial score (nSPS) is 9.27. The molecule has 3 heteroatoms. The van der Waals surface area contributed by atoms with Gasteiger partial charge >= 0.3 is 0 Å². The van der Waals surface area contributed by atoms with Crippen LogP contribution in [0.4, 0.5) is 5.69 Å². The maximum absolute atomic E-state index is 10.8. The van der Waals surface area contributed by atoms with Crippen molar-refractivity contribution >= 4 is 23.4 Å². The van der Waals surface area contributed by atoms with Gasteiger partial charge in [0.05, 0.1) is 5.56 Å². The molecule has 0 heterocycles. The molecule has 0 amide bonds. The van der Waals surface area contributed by atoms with Crippen molar-refractivity contribution in [1.82, 2.24) is 0 Å². The van der Waals surface area contributed by atoms with E-state index in [2.05, 4.69) is 17.9 Å². The van der Waals surface area contributed by atoms with Gasteiger partial charge in [-0.1, -0.05) is 12.1 Å². The fraction of sp³-hybridized carbons (Fsp3) is 0.125. The summed E-state index contributed by atoms with van der Waals surface area (Å²) in [5.74, 6) is 0. The Balaban J connectivity index is 3.12. The number of thiol groups is 1. The van der Waals surface area contributed by atoms with Crippen LogP contribution < -0.4 is 5.32 Å². The second-order valence-electron chi connectivity index (χ2n) is 2.10. The third-order valence-electron chi connectivity index (χ3n) is 1.43. The van der Waals surface area contributed by atoms with Crippen LogP contribution >= 0.6 is 12.6 Å². The molecule has 0 atom stereocenters. The topological polar surface area (TPSA) is 29.1 Å². The number of carbonyl (C=O) groups excluding carboxylic acids is 1. The van der Waals surface area contributed by atoms with E-state index in [1.165, 1.54) is 0 Å². The van der Waals surface area contributed by atoms with Crippen molar-refractivity contribution in [3.8, 4) is 0 Å². The molecule has 0 aliphatic rings. The fourth-order valence-corrected chi connectivity index (χ4v) is 1.08. The van der Waals surface area contributed by atoms with Crippen LogP contribution in [0.5, 0.6) is 0 Å². The molecule has 11 heavy (non-hydrogen) atoms. The summed E-state index contributed by atoms with van der Waals surface area (Å²) < 4.78 is 0. The Morgan fingerprint density at radius 2 is 2.09 bits per heavy atom. The lowest BCUT2D eigenvalue weighted by molar-refractivity contribution is 0.109. The van der Waals surface area contributed by atoms with Crippen molar-refractivity contribution in [1.29, 1.82) is 0 Å². The van der Waals surface area contributed by atoms with Gasteiger partial charge in [-0.2, -0.15) is 0 Å². The molecule has 1 N–H and O–H groups in total. The summed E-state index contributed by atoms with van der Waals surface area (Å²) in [5, 5.41) is 2.69. The lowest BCUT2D eigenvalue weighted by atomic mass is 10.2. The smallest absolute Gasteiger partial charge is 0.218 e. The first kappa shape index (κ1) is 8.14. The molecular formula is C8H9NOS. The molecule has 0 aliphatic heterocycles. The predicted octanol–water partition coefficient (Wildman–Crippen LogP) is 1.80. The van der Waals surface area contributed by atoms with Crippen LogP contribution in [0, 0.1) is 0 Å². The molecule has 0 bridgehead atoms. The van der Waals surface area contributed by atoms with Gasteiger partial charge in [0.15, 0.2) is 0 Å². The Kier molecular flexibility index (Phi) is 2.54. The first-order chi connectivity index (χ1) is 5.25. The van der Waals surface area contributed by atoms with E-state index in [9.17, 15) is 4.79 Å². The first-order valence-electron chi connectivity index (χ1n) is 3.26. The Bertz CT molecular complexity index is 273. The van der Waals surface area contributed by atoms with Gasteiger partial charge in [-0.25, -0.2) is 0 Å². The molecule has 0 aromatic heterocycles. The summed E-state index contributed by atoms with van der Waals surface area (Å²) >= 11 is 3.73. The number of hydrogen-bond donors (Lipinski definition) is 2. The second-order valence-corrected chi connectivity index (χ2v) is 2.51. The molecule has 0 fully saturated rings. The van der Waals surface area contributed by atoms with Gasteiger partial charge in [0.1, 0.15) is 0 Å². The Labute approximate surface area is 71.0 Å². The fourth-order valence-electron chi connectivity index (χ4n) is 0.888. The van der Waals surface area contributed by atoms with Crippen LogP contribution in [0.15, 0.2) is 24.3 Å². The van der Waals surface area contributed by atoms with E-state index in [-0.39, 0.29) is 5.12 Å². The molecule has 0 saturated carbocycles. The van der Waals surface area contributed by atoms with Crippen LogP contribution in [0.2, 0.25) is 0 Å². The van der Waals surface area contributed by atoms with Crippen LogP contribution in [-0.4, -0.2) is 12.2 Å². The van der Waals surface area contributed by atoms with Gasteiger partial charge in [-0.3, -0.25) is 4.79 Å². The summed E-state index contributed by atoms with van der Waals surface area (Å²) in [6.45, 7) is 0. The second kappa shape index (κ2) is 3.44. The van der Waals surface area contributed by atoms with Crippen LogP contribution in [0.1, 0.15) is 10.4 Å². The minimum absolute atomic E-state index is 0.213. The maximum Gasteiger partial charge on any atom is 0.218 e. The van der Waals surface area contributed by atoms with E-state index >= 15 is 0 Å². The molecular weight excluding hydrogens is 158 g/mol. The van der Waals surface area contributed by atoms with E-state index in [4.69, 9.17) is 0 Å². The van der Waals surface area contributed by atoms with E-state index in [1.807, 2.05) is 18.2 Å². The zero-order chi connectivity index (χ0) is 8.27. The highest BCUT2D eigenvalue weighted by Gasteiger charge is 2.03. The van der Waals surface area contributed by atoms with Crippen molar-refractivity contribution in [3.05, 3.63) is 29.8 Å². The highest BCUT2D eigenvalue weighted by molar-refractivity contribution is 7.97. The Morgan fingerprint density at radius 1 is 1.45 bits per heavy atom. The van der Waals surface area contributed by atoms with Crippen LogP contribution in [-0.2, 0) is 0 Å². The summed E-state index contributed by atoms with van der Waals surface area (Å²) in [5.41, 5.74) is 1.42. The number of para-hydroxylation sites is 1. The number of hydrogen-bond acceptors (Lipinski definition) is 2. The summed E-state index contributed by atoms with van der Waals surface area (Å²) in [6.07, 6.45) is 0. The van der Waals surface area contributed by atoms with E-state index < -0.39 is 0 Å². The molecule has 0 spiro atoms. The number of benzene rings is 1. The zero-order valence-electron chi connectivity index (χ0n) is 6.16. The standard InChI is InChI=1S/C8H9NOS/c1-9-7-5-3-2-4-6(7)8(10)11/h2-5,9H,1H3,(H,10,11). The van der Waals surface area contributed by atoms with Gasteiger partial charge in [0, 0.05) is 12.7 Å². The summed E-state index contributed by atoms with van der Waals surface area (Å²) in [7, 11) is 1.77. The summed E-state index contributed by atoms with van der Waals surface area (Å²) in [4.78, 5) is 10.8. The minimum atomic E-state index is -0.213. The molecule has 1 aromatic rings. The minimum Gasteiger partial charge on any atom is -0.388 e. The maximum atomic E-state index is 10.8. The third-order valence-corrected chi connectivity index (χ3v) is 1.67. The van der Waals surface area contributed by atoms with Gasteiger partial charge < -0.3 is 5.32 Å². The van der Waals surface area contributed by atoms with Crippen molar-refractivity contribution < 1.29 is 4.79 Å². The summed E-state index contributed by atoms with van der Waals surface area (Å²) in [6, 6.07) is 7.25. The predicted molar refractivity (Wildman–Crippen MR) is 49.3 cm³/mol. The number of nitrogens with one attached hydrogen (secondary N) is 1. The molecule has 58 valence electrons. The SMILES string of the molecule is CNc1ccccc1C(=O)S. The largest absolute Gasteiger partial charge is 0.388 e. The number of rotatable bonds is 2. The van der Waals surface area contributed by atoms with Gasteiger partial charge in [0.2, 0.25) is 5.12 Å². The van der Waals surface area contributed by atoms with E-state index in [0.29, 0.717) is 5.56 Å². The number of carbonyl (C=O) groups is 1. The van der Waals surface area contributed by atoms with E-state index in [0.717, 1.165) is 5.69 Å². The molecule has 1 rings (SSSR count). The molecule has 0 aliphatic carbocycles. The zero-order valence-corrected chi connectivity index (χ0v) is 7.06. The quantitative estimate of drug-likeness (QED) is 0.658. The van der Waals surface area contributed by atoms with Crippen molar-refractivity contribution in [2.24, 2.45) is 0 Å². The van der Waals surface area contributed by atoms with Crippen LogP contribution in [0.25, 0.3) is 0 Å². The molecule has 0 saturated heterocycles. The highest BCUT2D eigenvalue weighted by atomic mass is 32.1. The van der Waals surface area contributed by atoms with Gasteiger partial charge in [0.25, 0.3) is 0 Å². The first-order valence-corrected chi connectivity index (χ1v) is 3.70. The highest BCUT2D eigenvalue weighted by Crippen LogP contribution is 2.15. The van der Waals surface area contributed by atoms with E-state index in [1.54, 1.807) is 13.1 Å². The van der Waals surface area contributed by atoms with Crippen molar-refractivity contribution in [2.45, 2.75) is 0 Å². The van der Waals surface area contributed by atoms with Crippen molar-refractivity contribution in [3.63, 3.8) is 0 Å². The molecule has 2 nitrogen and oxygen atoms in total. The number of anilines is 1. The van der Waals surface area contributed by atoms with Crippen LogP contribution in [0.3, 0.4) is 0 Å². The molecule has 1 aromatic carbocycles. The average Bonchev–Trinajstić information content (AvgIpc) is 2.04. The average molecular weight is 167 g/mol. The lowest BCUT2D eigenvalue weighted by Crippen LogP contribution is -1.97. The monoisotopic (exact) mass is 167 g/mol. The molecule has 0 unspecified atom stereocenters. The van der Waals surface area contributed by atoms with Gasteiger partial charge in [-0.05, 0) is 12.1 Å². The van der Waals surface area contributed by atoms with Gasteiger partial charge in [-0.15, -0.1) is 12.6 Å². The molecule has 0 radical (unpaired) electrons. The third kappa shape index (κ3) is 1.74. The lowest BCUT2D eigenvalue weighted by Gasteiger charge is -2.03. The Hall–Kier alpha value is -0.960. The Morgan fingerprint density at radius 3 is 2.55 bits per heavy atom. The van der Waals surface area contributed by atoms with Crippen molar-refractivity contribution in [2.75, 3.05) is 12.4 Å².